The molecular formula is C15H23N3. The minimum Gasteiger partial charge on any atom is -0.354 e. The molecule has 0 unspecified atom stereocenters. The smallest absolute Gasteiger partial charge is 0.195 e. The van der Waals surface area contributed by atoms with Gasteiger partial charge in [0.1, 0.15) is 0 Å². The number of hydrogen-bond acceptors (Lipinski definition) is 3. The number of guanidine groups is 1. The number of nitrogens with one attached hydrogen (secondary N) is 1. The minimum absolute atomic E-state index is 0.259. The average molecular weight is 245 g/mol. The van der Waals surface area contributed by atoms with Crippen LogP contribution in [0.2, 0.25) is 0 Å². The highest BCUT2D eigenvalue weighted by Gasteiger charge is 2.28. The fourth-order valence-corrected chi connectivity index (χ4v) is 2.22. The summed E-state index contributed by atoms with van der Waals surface area (Å²) in [6.07, 6.45) is 0. The molecule has 3 heteroatoms. The molecule has 1 heterocycles. The molecule has 0 fully saturated rings. The zero-order valence-corrected chi connectivity index (χ0v) is 11.7. The van der Waals surface area contributed by atoms with E-state index in [0.717, 1.165) is 12.5 Å². The molecule has 1 aromatic rings. The molecule has 3 nitrogen and oxygen atoms in total. The maximum absolute atomic E-state index is 4.83. The Labute approximate surface area is 110 Å². The maximum Gasteiger partial charge on any atom is 0.195 e. The minimum atomic E-state index is 0.259. The Hall–Kier alpha value is -1.51. The lowest BCUT2D eigenvalue weighted by Crippen LogP contribution is -2.44. The van der Waals surface area contributed by atoms with Gasteiger partial charge >= 0.3 is 0 Å². The summed E-state index contributed by atoms with van der Waals surface area (Å²) < 4.78 is 0. The maximum atomic E-state index is 4.83. The number of hydrogen-bond donors (Lipinski definition) is 1. The largest absolute Gasteiger partial charge is 0.354 e. The van der Waals surface area contributed by atoms with Crippen molar-refractivity contribution < 1.29 is 0 Å². The van der Waals surface area contributed by atoms with Crippen LogP contribution in [-0.2, 0) is 0 Å². The fraction of sp³-hybridized carbons (Fsp3) is 0.533. The van der Waals surface area contributed by atoms with E-state index in [2.05, 4.69) is 68.2 Å². The van der Waals surface area contributed by atoms with E-state index < -0.39 is 0 Å². The van der Waals surface area contributed by atoms with Gasteiger partial charge in [-0.25, -0.2) is 4.99 Å². The SMILES string of the molecule is CC(C)NC1=N[C@H](c2ccccc2)CN1C(C)C. The molecule has 0 radical (unpaired) electrons. The van der Waals surface area contributed by atoms with E-state index in [9.17, 15) is 0 Å². The van der Waals surface area contributed by atoms with Gasteiger partial charge in [0.05, 0.1) is 6.04 Å². The van der Waals surface area contributed by atoms with E-state index in [1.54, 1.807) is 0 Å². The lowest BCUT2D eigenvalue weighted by molar-refractivity contribution is 0.347. The molecule has 1 aromatic carbocycles. The van der Waals surface area contributed by atoms with Crippen molar-refractivity contribution in [2.45, 2.75) is 45.8 Å². The van der Waals surface area contributed by atoms with Gasteiger partial charge in [0.2, 0.25) is 0 Å². The Morgan fingerprint density at radius 3 is 2.39 bits per heavy atom. The van der Waals surface area contributed by atoms with Gasteiger partial charge in [-0.05, 0) is 33.3 Å². The van der Waals surface area contributed by atoms with Crippen molar-refractivity contribution >= 4 is 5.96 Å². The molecule has 98 valence electrons. The number of aliphatic imine (C=N–C) groups is 1. The summed E-state index contributed by atoms with van der Waals surface area (Å²) in [5, 5.41) is 3.45. The summed E-state index contributed by atoms with van der Waals surface area (Å²) in [4.78, 5) is 7.18. The summed E-state index contributed by atoms with van der Waals surface area (Å²) in [5.41, 5.74) is 1.30. The Bertz CT molecular complexity index is 409. The first-order valence-electron chi connectivity index (χ1n) is 6.74. The van der Waals surface area contributed by atoms with E-state index in [4.69, 9.17) is 4.99 Å². The molecule has 0 bridgehead atoms. The first kappa shape index (κ1) is 12.9. The van der Waals surface area contributed by atoms with Crippen LogP contribution in [0.15, 0.2) is 35.3 Å². The third-order valence-electron chi connectivity index (χ3n) is 3.15. The van der Waals surface area contributed by atoms with Crippen LogP contribution in [0.5, 0.6) is 0 Å². The highest BCUT2D eigenvalue weighted by atomic mass is 15.4. The van der Waals surface area contributed by atoms with Crippen LogP contribution in [0, 0.1) is 0 Å². The van der Waals surface area contributed by atoms with Crippen molar-refractivity contribution in [1.82, 2.24) is 10.2 Å². The lowest BCUT2D eigenvalue weighted by Gasteiger charge is -2.26. The molecule has 1 aliphatic rings. The van der Waals surface area contributed by atoms with Crippen molar-refractivity contribution in [2.24, 2.45) is 4.99 Å². The van der Waals surface area contributed by atoms with Crippen LogP contribution in [0.25, 0.3) is 0 Å². The molecule has 0 aromatic heterocycles. The fourth-order valence-electron chi connectivity index (χ4n) is 2.22. The predicted molar refractivity (Wildman–Crippen MR) is 76.7 cm³/mol. The van der Waals surface area contributed by atoms with Crippen LogP contribution in [0.1, 0.15) is 39.3 Å². The van der Waals surface area contributed by atoms with Gasteiger partial charge in [-0.2, -0.15) is 0 Å². The first-order chi connectivity index (χ1) is 8.58. The summed E-state index contributed by atoms with van der Waals surface area (Å²) in [7, 11) is 0. The highest BCUT2D eigenvalue weighted by molar-refractivity contribution is 5.82. The Balaban J connectivity index is 2.19. The third kappa shape index (κ3) is 2.84. The summed E-state index contributed by atoms with van der Waals surface area (Å²) >= 11 is 0. The van der Waals surface area contributed by atoms with Crippen molar-refractivity contribution in [3.8, 4) is 0 Å². The van der Waals surface area contributed by atoms with Crippen LogP contribution < -0.4 is 5.32 Å². The molecule has 1 aliphatic heterocycles. The second-order valence-corrected chi connectivity index (χ2v) is 5.42. The van der Waals surface area contributed by atoms with Crippen LogP contribution in [-0.4, -0.2) is 29.5 Å². The average Bonchev–Trinajstić information content (AvgIpc) is 2.73. The third-order valence-corrected chi connectivity index (χ3v) is 3.15. The number of benzene rings is 1. The van der Waals surface area contributed by atoms with E-state index in [-0.39, 0.29) is 6.04 Å². The summed E-state index contributed by atoms with van der Waals surface area (Å²) in [6.45, 7) is 9.69. The van der Waals surface area contributed by atoms with E-state index >= 15 is 0 Å². The quantitative estimate of drug-likeness (QED) is 0.886. The Morgan fingerprint density at radius 2 is 1.83 bits per heavy atom. The van der Waals surface area contributed by atoms with Gasteiger partial charge in [-0.3, -0.25) is 0 Å². The van der Waals surface area contributed by atoms with E-state index in [1.807, 2.05) is 0 Å². The number of nitrogens with zero attached hydrogens (tertiary/aromatic N) is 2. The van der Waals surface area contributed by atoms with Gasteiger partial charge < -0.3 is 10.2 Å². The molecule has 0 aliphatic carbocycles. The normalized spacial score (nSPS) is 19.6. The predicted octanol–water partition coefficient (Wildman–Crippen LogP) is 2.81. The van der Waals surface area contributed by atoms with Gasteiger partial charge in [-0.1, -0.05) is 30.3 Å². The molecule has 0 saturated carbocycles. The summed E-state index contributed by atoms with van der Waals surface area (Å²) in [5.74, 6) is 1.04. The zero-order chi connectivity index (χ0) is 13.1. The molecular weight excluding hydrogens is 222 g/mol. The molecule has 2 rings (SSSR count). The molecule has 0 spiro atoms. The highest BCUT2D eigenvalue weighted by Crippen LogP contribution is 2.25. The molecule has 18 heavy (non-hydrogen) atoms. The van der Waals surface area contributed by atoms with Crippen LogP contribution in [0.3, 0.4) is 0 Å². The summed E-state index contributed by atoms with van der Waals surface area (Å²) in [6, 6.07) is 11.7. The van der Waals surface area contributed by atoms with Gasteiger partial charge in [0.25, 0.3) is 0 Å². The molecule has 0 amide bonds. The van der Waals surface area contributed by atoms with E-state index in [0.29, 0.717) is 12.1 Å². The van der Waals surface area contributed by atoms with Crippen molar-refractivity contribution in [1.29, 1.82) is 0 Å². The Morgan fingerprint density at radius 1 is 1.17 bits per heavy atom. The number of rotatable bonds is 3. The van der Waals surface area contributed by atoms with Gasteiger partial charge in [-0.15, -0.1) is 0 Å². The van der Waals surface area contributed by atoms with E-state index in [1.165, 1.54) is 5.56 Å². The molecule has 1 N–H and O–H groups in total. The van der Waals surface area contributed by atoms with Crippen LogP contribution >= 0.6 is 0 Å². The van der Waals surface area contributed by atoms with Gasteiger partial charge in [0, 0.05) is 18.6 Å². The zero-order valence-electron chi connectivity index (χ0n) is 11.7. The van der Waals surface area contributed by atoms with Crippen LogP contribution in [0.4, 0.5) is 0 Å². The van der Waals surface area contributed by atoms with Crippen molar-refractivity contribution in [2.75, 3.05) is 6.54 Å². The first-order valence-corrected chi connectivity index (χ1v) is 6.74. The van der Waals surface area contributed by atoms with Crippen molar-refractivity contribution in [3.05, 3.63) is 35.9 Å². The molecule has 1 atom stereocenters. The topological polar surface area (TPSA) is 27.6 Å². The standard InChI is InChI=1S/C15H23N3/c1-11(2)16-15-17-14(10-18(15)12(3)4)13-8-6-5-7-9-13/h5-9,11-12,14H,10H2,1-4H3,(H,16,17)/t14-/m0/s1. The van der Waals surface area contributed by atoms with Crippen molar-refractivity contribution in [3.63, 3.8) is 0 Å². The monoisotopic (exact) mass is 245 g/mol. The Kier molecular flexibility index (Phi) is 3.90. The second kappa shape index (κ2) is 5.42. The lowest BCUT2D eigenvalue weighted by atomic mass is 10.1. The molecule has 0 saturated heterocycles. The second-order valence-electron chi connectivity index (χ2n) is 5.42. The van der Waals surface area contributed by atoms with Gasteiger partial charge in [0.15, 0.2) is 5.96 Å².